The summed E-state index contributed by atoms with van der Waals surface area (Å²) in [5.41, 5.74) is 4.57. The predicted molar refractivity (Wildman–Crippen MR) is 124 cm³/mol. The molecule has 1 aliphatic heterocycles. The lowest BCUT2D eigenvalue weighted by molar-refractivity contribution is -0.148. The van der Waals surface area contributed by atoms with Crippen LogP contribution in [0.4, 0.5) is 4.79 Å². The van der Waals surface area contributed by atoms with E-state index in [9.17, 15) is 19.5 Å². The molecule has 1 fully saturated rings. The van der Waals surface area contributed by atoms with Crippen molar-refractivity contribution < 1.29 is 24.2 Å². The fourth-order valence-electron chi connectivity index (χ4n) is 5.05. The Morgan fingerprint density at radius 2 is 1.70 bits per heavy atom. The van der Waals surface area contributed by atoms with Crippen LogP contribution < -0.4 is 5.32 Å². The van der Waals surface area contributed by atoms with Gasteiger partial charge in [-0.15, -0.1) is 0 Å². The lowest BCUT2D eigenvalue weighted by Gasteiger charge is -2.36. The molecule has 1 heterocycles. The first-order valence-electron chi connectivity index (χ1n) is 11.5. The minimum atomic E-state index is -0.821. The van der Waals surface area contributed by atoms with Gasteiger partial charge in [0.1, 0.15) is 12.6 Å². The van der Waals surface area contributed by atoms with Gasteiger partial charge in [-0.2, -0.15) is 0 Å². The molecule has 0 spiro atoms. The van der Waals surface area contributed by atoms with Crippen LogP contribution in [0.2, 0.25) is 0 Å². The number of carboxylic acid groups (broad SMARTS) is 1. The highest BCUT2D eigenvalue weighted by atomic mass is 16.5. The van der Waals surface area contributed by atoms with Gasteiger partial charge < -0.3 is 20.1 Å². The summed E-state index contributed by atoms with van der Waals surface area (Å²) in [6.45, 7) is 4.62. The minimum absolute atomic E-state index is 0.0465. The number of amides is 2. The van der Waals surface area contributed by atoms with Crippen LogP contribution in [0.5, 0.6) is 0 Å². The molecular formula is C26H30N2O5. The Morgan fingerprint density at radius 3 is 2.24 bits per heavy atom. The number of nitrogens with zero attached hydrogens (tertiary/aromatic N) is 1. The second kappa shape index (κ2) is 9.65. The molecule has 0 aromatic heterocycles. The second-order valence-corrected chi connectivity index (χ2v) is 8.93. The molecule has 0 saturated carbocycles. The normalized spacial score (nSPS) is 20.5. The molecule has 174 valence electrons. The predicted octanol–water partition coefficient (Wildman–Crippen LogP) is 3.87. The summed E-state index contributed by atoms with van der Waals surface area (Å²) in [6, 6.07) is 15.5. The van der Waals surface area contributed by atoms with E-state index in [2.05, 4.69) is 29.6 Å². The molecule has 2 unspecified atom stereocenters. The van der Waals surface area contributed by atoms with Crippen molar-refractivity contribution >= 4 is 18.0 Å². The van der Waals surface area contributed by atoms with E-state index in [4.69, 9.17) is 4.74 Å². The molecule has 1 saturated heterocycles. The number of piperidine rings is 1. The number of fused-ring (bicyclic) bond motifs is 3. The van der Waals surface area contributed by atoms with Gasteiger partial charge in [0.2, 0.25) is 5.91 Å². The second-order valence-electron chi connectivity index (χ2n) is 8.93. The largest absolute Gasteiger partial charge is 0.481 e. The third kappa shape index (κ3) is 4.58. The van der Waals surface area contributed by atoms with Crippen LogP contribution in [0.1, 0.15) is 43.7 Å². The van der Waals surface area contributed by atoms with Gasteiger partial charge in [-0.3, -0.25) is 9.59 Å². The zero-order valence-corrected chi connectivity index (χ0v) is 19.0. The Kier molecular flexibility index (Phi) is 6.67. The Balaban J connectivity index is 1.36. The molecule has 2 amide bonds. The molecule has 2 aromatic rings. The van der Waals surface area contributed by atoms with E-state index in [1.807, 2.05) is 38.1 Å². The molecule has 4 rings (SSSR count). The van der Waals surface area contributed by atoms with Crippen LogP contribution in [0.15, 0.2) is 48.5 Å². The summed E-state index contributed by atoms with van der Waals surface area (Å²) in [5, 5.41) is 12.0. The average Bonchev–Trinajstić information content (AvgIpc) is 3.14. The molecule has 7 nitrogen and oxygen atoms in total. The highest BCUT2D eigenvalue weighted by Crippen LogP contribution is 2.44. The number of alkyl carbamates (subject to hydrolysis) is 1. The lowest BCUT2D eigenvalue weighted by Crippen LogP contribution is -2.53. The number of benzene rings is 2. The van der Waals surface area contributed by atoms with Crippen LogP contribution in [0.3, 0.4) is 0 Å². The summed E-state index contributed by atoms with van der Waals surface area (Å²) in [4.78, 5) is 38.6. The number of hydrogen-bond donors (Lipinski definition) is 2. The molecule has 1 aliphatic carbocycles. The van der Waals surface area contributed by atoms with Crippen LogP contribution in [0, 0.1) is 11.8 Å². The summed E-state index contributed by atoms with van der Waals surface area (Å²) in [5.74, 6) is -1.63. The smallest absolute Gasteiger partial charge is 0.407 e. The number of likely N-dealkylation sites (tertiary alicyclic amines) is 1. The SMILES string of the molecule is CC[C@@H](NC(=O)OCC1c2ccccc2-c2ccccc21)C(=O)N1CCC(C(=O)O)C(C)C1. The topological polar surface area (TPSA) is 95.9 Å². The molecular weight excluding hydrogens is 420 g/mol. The van der Waals surface area contributed by atoms with E-state index in [1.165, 1.54) is 0 Å². The maximum atomic E-state index is 13.0. The van der Waals surface area contributed by atoms with Crippen LogP contribution in [0.25, 0.3) is 11.1 Å². The van der Waals surface area contributed by atoms with E-state index in [1.54, 1.807) is 4.90 Å². The summed E-state index contributed by atoms with van der Waals surface area (Å²) >= 11 is 0. The number of rotatable bonds is 6. The molecule has 0 radical (unpaired) electrons. The van der Waals surface area contributed by atoms with Crippen molar-refractivity contribution in [2.45, 2.75) is 38.6 Å². The van der Waals surface area contributed by atoms with Crippen LogP contribution in [-0.2, 0) is 14.3 Å². The maximum Gasteiger partial charge on any atom is 0.407 e. The highest BCUT2D eigenvalue weighted by Gasteiger charge is 2.35. The molecule has 2 aliphatic rings. The average molecular weight is 451 g/mol. The summed E-state index contributed by atoms with van der Waals surface area (Å²) in [6.07, 6.45) is 0.227. The highest BCUT2D eigenvalue weighted by molar-refractivity contribution is 5.86. The van der Waals surface area contributed by atoms with E-state index in [0.29, 0.717) is 25.9 Å². The lowest BCUT2D eigenvalue weighted by atomic mass is 9.86. The summed E-state index contributed by atoms with van der Waals surface area (Å²) in [7, 11) is 0. The van der Waals surface area contributed by atoms with Gasteiger partial charge in [-0.05, 0) is 41.0 Å². The number of ether oxygens (including phenoxy) is 1. The Labute approximate surface area is 193 Å². The minimum Gasteiger partial charge on any atom is -0.481 e. The van der Waals surface area contributed by atoms with Crippen LogP contribution >= 0.6 is 0 Å². The van der Waals surface area contributed by atoms with Gasteiger partial charge in [0.25, 0.3) is 0 Å². The standard InChI is InChI=1S/C26H30N2O5/c1-3-23(24(29)28-13-12-17(25(30)31)16(2)14-28)27-26(32)33-15-22-20-10-6-4-8-18(20)19-9-5-7-11-21(19)22/h4-11,16-17,22-23H,3,12-15H2,1-2H3,(H,27,32)(H,30,31)/t16?,17?,23-/m1/s1. The van der Waals surface area contributed by atoms with Gasteiger partial charge in [-0.1, -0.05) is 62.4 Å². The van der Waals surface area contributed by atoms with Crippen LogP contribution in [-0.4, -0.2) is 53.7 Å². The monoisotopic (exact) mass is 450 g/mol. The van der Waals surface area contributed by atoms with Gasteiger partial charge in [0.05, 0.1) is 5.92 Å². The first kappa shape index (κ1) is 22.8. The van der Waals surface area contributed by atoms with Crippen molar-refractivity contribution in [3.8, 4) is 11.1 Å². The van der Waals surface area contributed by atoms with Crippen molar-refractivity contribution in [3.63, 3.8) is 0 Å². The Morgan fingerprint density at radius 1 is 1.09 bits per heavy atom. The van der Waals surface area contributed by atoms with E-state index in [0.717, 1.165) is 22.3 Å². The van der Waals surface area contributed by atoms with Gasteiger partial charge >= 0.3 is 12.1 Å². The quantitative estimate of drug-likeness (QED) is 0.697. The number of carbonyl (C=O) groups excluding carboxylic acids is 2. The molecule has 2 N–H and O–H groups in total. The van der Waals surface area contributed by atoms with E-state index in [-0.39, 0.29) is 24.3 Å². The zero-order chi connectivity index (χ0) is 23.5. The molecule has 7 heteroatoms. The van der Waals surface area contributed by atoms with Crippen molar-refractivity contribution in [1.29, 1.82) is 0 Å². The van der Waals surface area contributed by atoms with Crippen molar-refractivity contribution in [1.82, 2.24) is 10.2 Å². The van der Waals surface area contributed by atoms with Crippen molar-refractivity contribution in [2.75, 3.05) is 19.7 Å². The fraction of sp³-hybridized carbons (Fsp3) is 0.423. The van der Waals surface area contributed by atoms with Gasteiger partial charge in [-0.25, -0.2) is 4.79 Å². The molecule has 33 heavy (non-hydrogen) atoms. The number of carboxylic acids is 1. The third-order valence-corrected chi connectivity index (χ3v) is 6.88. The number of aliphatic carboxylic acids is 1. The van der Waals surface area contributed by atoms with Gasteiger partial charge in [0, 0.05) is 19.0 Å². The molecule has 2 aromatic carbocycles. The zero-order valence-electron chi connectivity index (χ0n) is 19.0. The fourth-order valence-corrected chi connectivity index (χ4v) is 5.05. The van der Waals surface area contributed by atoms with E-state index < -0.39 is 24.0 Å². The first-order chi connectivity index (χ1) is 15.9. The van der Waals surface area contributed by atoms with E-state index >= 15 is 0 Å². The van der Waals surface area contributed by atoms with Crippen molar-refractivity contribution in [2.24, 2.45) is 11.8 Å². The number of hydrogen-bond acceptors (Lipinski definition) is 4. The third-order valence-electron chi connectivity index (χ3n) is 6.88. The van der Waals surface area contributed by atoms with Gasteiger partial charge in [0.15, 0.2) is 0 Å². The van der Waals surface area contributed by atoms with Crippen molar-refractivity contribution in [3.05, 3.63) is 59.7 Å². The number of nitrogens with one attached hydrogen (secondary N) is 1. The molecule has 0 bridgehead atoms. The Bertz CT molecular complexity index is 1010. The maximum absolute atomic E-state index is 13.0. The molecule has 3 atom stereocenters. The first-order valence-corrected chi connectivity index (χ1v) is 11.5. The number of carbonyl (C=O) groups is 3. The Hall–Kier alpha value is -3.35. The summed E-state index contributed by atoms with van der Waals surface area (Å²) < 4.78 is 5.58.